The minimum atomic E-state index is -0.553. The number of hydrogen-bond acceptors (Lipinski definition) is 2. The Labute approximate surface area is 121 Å². The van der Waals surface area contributed by atoms with Crippen molar-refractivity contribution in [2.24, 2.45) is 0 Å². The maximum Gasteiger partial charge on any atom is 0.254 e. The van der Waals surface area contributed by atoms with Crippen LogP contribution >= 0.6 is 27.5 Å². The fourth-order valence-electron chi connectivity index (χ4n) is 1.61. The number of benzene rings is 1. The first-order valence-corrected chi connectivity index (χ1v) is 6.94. The van der Waals surface area contributed by atoms with Crippen LogP contribution in [-0.4, -0.2) is 34.6 Å². The molecular formula is C13H17BrClNO2. The summed E-state index contributed by atoms with van der Waals surface area (Å²) in [4.78, 5) is 14.0. The van der Waals surface area contributed by atoms with Crippen molar-refractivity contribution in [2.75, 3.05) is 6.54 Å². The molecule has 1 atom stereocenters. The molecular weight excluding hydrogens is 318 g/mol. The molecule has 0 saturated carbocycles. The molecule has 0 heterocycles. The molecule has 0 aliphatic carbocycles. The van der Waals surface area contributed by atoms with Gasteiger partial charge in [0.15, 0.2) is 0 Å². The summed E-state index contributed by atoms with van der Waals surface area (Å²) < 4.78 is 0.757. The third-order valence-corrected chi connectivity index (χ3v) is 3.74. The van der Waals surface area contributed by atoms with Crippen molar-refractivity contribution in [3.05, 3.63) is 33.3 Å². The largest absolute Gasteiger partial charge is 0.392 e. The average Bonchev–Trinajstić information content (AvgIpc) is 2.28. The average molecular weight is 335 g/mol. The lowest BCUT2D eigenvalue weighted by Crippen LogP contribution is -2.41. The van der Waals surface area contributed by atoms with Crippen LogP contribution in [0.4, 0.5) is 0 Å². The van der Waals surface area contributed by atoms with Gasteiger partial charge >= 0.3 is 0 Å². The van der Waals surface area contributed by atoms with E-state index in [1.807, 2.05) is 13.8 Å². The van der Waals surface area contributed by atoms with Gasteiger partial charge in [-0.25, -0.2) is 0 Å². The van der Waals surface area contributed by atoms with E-state index in [1.54, 1.807) is 30.0 Å². The van der Waals surface area contributed by atoms with Crippen LogP contribution < -0.4 is 0 Å². The molecule has 0 aliphatic heterocycles. The van der Waals surface area contributed by atoms with Crippen LogP contribution in [0.25, 0.3) is 0 Å². The maximum absolute atomic E-state index is 12.3. The van der Waals surface area contributed by atoms with Crippen LogP contribution in [0.1, 0.15) is 31.1 Å². The van der Waals surface area contributed by atoms with Crippen molar-refractivity contribution in [3.8, 4) is 0 Å². The zero-order valence-corrected chi connectivity index (χ0v) is 13.0. The fraction of sp³-hybridized carbons (Fsp3) is 0.462. The third kappa shape index (κ3) is 3.97. The van der Waals surface area contributed by atoms with E-state index in [0.29, 0.717) is 17.1 Å². The molecule has 0 saturated heterocycles. The predicted molar refractivity (Wildman–Crippen MR) is 77.0 cm³/mol. The molecule has 0 aliphatic rings. The minimum Gasteiger partial charge on any atom is -0.392 e. The first kappa shape index (κ1) is 15.5. The smallest absolute Gasteiger partial charge is 0.254 e. The highest BCUT2D eigenvalue weighted by Gasteiger charge is 2.20. The molecule has 0 radical (unpaired) electrons. The van der Waals surface area contributed by atoms with Gasteiger partial charge in [-0.15, -0.1) is 0 Å². The summed E-state index contributed by atoms with van der Waals surface area (Å²) in [6, 6.07) is 5.12. The number of nitrogens with zero attached hydrogens (tertiary/aromatic N) is 1. The highest BCUT2D eigenvalue weighted by molar-refractivity contribution is 9.10. The molecule has 0 aromatic heterocycles. The Balaban J connectivity index is 2.98. The predicted octanol–water partition coefficient (Wildman–Crippen LogP) is 3.33. The van der Waals surface area contributed by atoms with Gasteiger partial charge in [0, 0.05) is 22.6 Å². The van der Waals surface area contributed by atoms with Crippen LogP contribution in [0.2, 0.25) is 5.02 Å². The number of aliphatic hydroxyl groups excluding tert-OH is 1. The Morgan fingerprint density at radius 2 is 2.06 bits per heavy atom. The molecule has 1 N–H and O–H groups in total. The van der Waals surface area contributed by atoms with Crippen LogP contribution in [0.15, 0.2) is 22.7 Å². The topological polar surface area (TPSA) is 40.5 Å². The summed E-state index contributed by atoms with van der Waals surface area (Å²) >= 11 is 9.27. The van der Waals surface area contributed by atoms with Crippen molar-refractivity contribution in [3.63, 3.8) is 0 Å². The molecule has 1 amide bonds. The first-order valence-electron chi connectivity index (χ1n) is 5.77. The van der Waals surface area contributed by atoms with Crippen LogP contribution in [-0.2, 0) is 0 Å². The van der Waals surface area contributed by atoms with E-state index in [1.165, 1.54) is 0 Å². The SMILES string of the molecule is CC(O)CN(C(=O)c1ccc(Br)c(Cl)c1)C(C)C. The van der Waals surface area contributed by atoms with Crippen molar-refractivity contribution in [2.45, 2.75) is 32.9 Å². The van der Waals surface area contributed by atoms with Crippen molar-refractivity contribution in [1.29, 1.82) is 0 Å². The van der Waals surface area contributed by atoms with Gasteiger partial charge in [-0.3, -0.25) is 4.79 Å². The van der Waals surface area contributed by atoms with Gasteiger partial charge in [0.2, 0.25) is 0 Å². The lowest BCUT2D eigenvalue weighted by molar-refractivity contribution is 0.0579. The zero-order valence-electron chi connectivity index (χ0n) is 10.7. The van der Waals surface area contributed by atoms with Gasteiger partial charge < -0.3 is 10.0 Å². The van der Waals surface area contributed by atoms with E-state index in [0.717, 1.165) is 4.47 Å². The Morgan fingerprint density at radius 3 is 2.50 bits per heavy atom. The van der Waals surface area contributed by atoms with E-state index in [-0.39, 0.29) is 11.9 Å². The Bertz CT molecular complexity index is 435. The number of aliphatic hydroxyl groups is 1. The fourth-order valence-corrected chi connectivity index (χ4v) is 2.04. The standard InChI is InChI=1S/C13H17BrClNO2/c1-8(2)16(7-9(3)17)13(18)10-4-5-11(14)12(15)6-10/h4-6,8-9,17H,7H2,1-3H3. The molecule has 0 bridgehead atoms. The van der Waals surface area contributed by atoms with E-state index >= 15 is 0 Å². The minimum absolute atomic E-state index is 0.0227. The van der Waals surface area contributed by atoms with Gasteiger partial charge in [-0.2, -0.15) is 0 Å². The van der Waals surface area contributed by atoms with Gasteiger partial charge in [-0.1, -0.05) is 11.6 Å². The van der Waals surface area contributed by atoms with Gasteiger partial charge in [0.05, 0.1) is 11.1 Å². The lowest BCUT2D eigenvalue weighted by Gasteiger charge is -2.28. The van der Waals surface area contributed by atoms with E-state index < -0.39 is 6.10 Å². The Hall–Kier alpha value is -0.580. The normalized spacial score (nSPS) is 12.6. The quantitative estimate of drug-likeness (QED) is 0.917. The molecule has 3 nitrogen and oxygen atoms in total. The van der Waals surface area contributed by atoms with Crippen molar-refractivity contribution < 1.29 is 9.90 Å². The van der Waals surface area contributed by atoms with Crippen LogP contribution in [0.5, 0.6) is 0 Å². The molecule has 0 fully saturated rings. The van der Waals surface area contributed by atoms with Crippen LogP contribution in [0.3, 0.4) is 0 Å². The van der Waals surface area contributed by atoms with Crippen molar-refractivity contribution in [1.82, 2.24) is 4.90 Å². The molecule has 1 aromatic rings. The molecule has 1 aromatic carbocycles. The molecule has 0 spiro atoms. The number of carbonyl (C=O) groups excluding carboxylic acids is 1. The second-order valence-electron chi connectivity index (χ2n) is 4.53. The summed E-state index contributed by atoms with van der Waals surface area (Å²) in [5, 5.41) is 9.94. The number of amides is 1. The van der Waals surface area contributed by atoms with Gasteiger partial charge in [0.1, 0.15) is 0 Å². The number of halogens is 2. The molecule has 5 heteroatoms. The summed E-state index contributed by atoms with van der Waals surface area (Å²) in [5.41, 5.74) is 0.526. The molecule has 1 rings (SSSR count). The van der Waals surface area contributed by atoms with Gasteiger partial charge in [-0.05, 0) is 54.9 Å². The molecule has 1 unspecified atom stereocenters. The second-order valence-corrected chi connectivity index (χ2v) is 5.79. The summed E-state index contributed by atoms with van der Waals surface area (Å²) in [7, 11) is 0. The highest BCUT2D eigenvalue weighted by atomic mass is 79.9. The summed E-state index contributed by atoms with van der Waals surface area (Å²) in [6.07, 6.45) is -0.553. The number of rotatable bonds is 4. The zero-order chi connectivity index (χ0) is 13.9. The highest BCUT2D eigenvalue weighted by Crippen LogP contribution is 2.24. The Kier molecular flexibility index (Phi) is 5.63. The van der Waals surface area contributed by atoms with E-state index in [9.17, 15) is 9.90 Å². The molecule has 100 valence electrons. The first-order chi connectivity index (χ1) is 8.32. The number of hydrogen-bond donors (Lipinski definition) is 1. The Morgan fingerprint density at radius 1 is 1.44 bits per heavy atom. The monoisotopic (exact) mass is 333 g/mol. The van der Waals surface area contributed by atoms with E-state index in [4.69, 9.17) is 11.6 Å². The van der Waals surface area contributed by atoms with Gasteiger partial charge in [0.25, 0.3) is 5.91 Å². The maximum atomic E-state index is 12.3. The van der Waals surface area contributed by atoms with Crippen molar-refractivity contribution >= 4 is 33.4 Å². The third-order valence-electron chi connectivity index (χ3n) is 2.51. The lowest BCUT2D eigenvalue weighted by atomic mass is 10.1. The molecule has 18 heavy (non-hydrogen) atoms. The number of carbonyl (C=O) groups is 1. The second kappa shape index (κ2) is 6.55. The summed E-state index contributed by atoms with van der Waals surface area (Å²) in [5.74, 6) is -0.125. The van der Waals surface area contributed by atoms with Crippen LogP contribution in [0, 0.1) is 0 Å². The summed E-state index contributed by atoms with van der Waals surface area (Å²) in [6.45, 7) is 5.81. The van der Waals surface area contributed by atoms with E-state index in [2.05, 4.69) is 15.9 Å².